The van der Waals surface area contributed by atoms with Crippen molar-refractivity contribution in [2.24, 2.45) is 0 Å². The van der Waals surface area contributed by atoms with Crippen LogP contribution in [-0.2, 0) is 4.79 Å². The Balaban J connectivity index is 1.56. The Bertz CT molecular complexity index is 820. The summed E-state index contributed by atoms with van der Waals surface area (Å²) in [6.07, 6.45) is 0.350. The van der Waals surface area contributed by atoms with Crippen LogP contribution in [0, 0.1) is 6.92 Å². The Hall–Kier alpha value is -2.53. The summed E-state index contributed by atoms with van der Waals surface area (Å²) < 4.78 is 1.03. The minimum Gasteiger partial charge on any atom is -0.302 e. The lowest BCUT2D eigenvalue weighted by molar-refractivity contribution is -0.116. The highest BCUT2D eigenvalue weighted by Gasteiger charge is 2.11. The van der Waals surface area contributed by atoms with Crippen molar-refractivity contribution >= 4 is 38.4 Å². The predicted molar refractivity (Wildman–Crippen MR) is 93.0 cm³/mol. The van der Waals surface area contributed by atoms with Crippen molar-refractivity contribution in [1.82, 2.24) is 4.98 Å². The first-order chi connectivity index (χ1) is 11.1. The number of amides is 1. The van der Waals surface area contributed by atoms with Gasteiger partial charge in [-0.15, -0.1) is 0 Å². The standard InChI is InChI=1S/C18H16N2O2S/c1-12-6-8-13(9-7-12)15(21)10-11-17(22)20-18-19-14-4-2-3-5-16(14)23-18/h2-9H,10-11H2,1H3,(H,19,20,22). The van der Waals surface area contributed by atoms with Gasteiger partial charge in [-0.3, -0.25) is 9.59 Å². The zero-order chi connectivity index (χ0) is 16.2. The molecule has 0 aliphatic carbocycles. The fraction of sp³-hybridized carbons (Fsp3) is 0.167. The monoisotopic (exact) mass is 324 g/mol. The maximum atomic E-state index is 12.1. The summed E-state index contributed by atoms with van der Waals surface area (Å²) in [4.78, 5) is 28.4. The SMILES string of the molecule is Cc1ccc(C(=O)CCC(=O)Nc2nc3ccccc3s2)cc1. The molecule has 3 aromatic rings. The average Bonchev–Trinajstić information content (AvgIpc) is 2.95. The first-order valence-corrected chi connectivity index (χ1v) is 8.19. The zero-order valence-electron chi connectivity index (χ0n) is 12.7. The number of hydrogen-bond donors (Lipinski definition) is 1. The molecule has 0 radical (unpaired) electrons. The topological polar surface area (TPSA) is 59.1 Å². The molecular weight excluding hydrogens is 308 g/mol. The van der Waals surface area contributed by atoms with E-state index < -0.39 is 0 Å². The summed E-state index contributed by atoms with van der Waals surface area (Å²) in [5.74, 6) is -0.214. The fourth-order valence-electron chi connectivity index (χ4n) is 2.22. The molecule has 0 aliphatic rings. The second-order valence-corrected chi connectivity index (χ2v) is 6.35. The Kier molecular flexibility index (Phi) is 4.48. The van der Waals surface area contributed by atoms with Crippen LogP contribution in [0.15, 0.2) is 48.5 Å². The van der Waals surface area contributed by atoms with Crippen LogP contribution in [-0.4, -0.2) is 16.7 Å². The molecule has 5 heteroatoms. The van der Waals surface area contributed by atoms with Gasteiger partial charge in [0.15, 0.2) is 10.9 Å². The van der Waals surface area contributed by atoms with Gasteiger partial charge in [-0.2, -0.15) is 0 Å². The maximum absolute atomic E-state index is 12.1. The van der Waals surface area contributed by atoms with Crippen LogP contribution >= 0.6 is 11.3 Å². The number of aromatic nitrogens is 1. The third-order valence-electron chi connectivity index (χ3n) is 3.49. The number of para-hydroxylation sites is 1. The van der Waals surface area contributed by atoms with Gasteiger partial charge < -0.3 is 5.32 Å². The van der Waals surface area contributed by atoms with Crippen molar-refractivity contribution in [2.45, 2.75) is 19.8 Å². The number of ketones is 1. The third-order valence-corrected chi connectivity index (χ3v) is 4.44. The number of fused-ring (bicyclic) bond motifs is 1. The largest absolute Gasteiger partial charge is 0.302 e. The molecule has 4 nitrogen and oxygen atoms in total. The lowest BCUT2D eigenvalue weighted by Crippen LogP contribution is -2.13. The molecule has 0 fully saturated rings. The van der Waals surface area contributed by atoms with Crippen molar-refractivity contribution in [1.29, 1.82) is 0 Å². The summed E-state index contributed by atoms with van der Waals surface area (Å²) in [6.45, 7) is 1.97. The molecule has 1 aromatic heterocycles. The second-order valence-electron chi connectivity index (χ2n) is 5.32. The van der Waals surface area contributed by atoms with E-state index in [1.54, 1.807) is 12.1 Å². The maximum Gasteiger partial charge on any atom is 0.226 e. The molecule has 1 heterocycles. The molecule has 0 aliphatic heterocycles. The van der Waals surface area contributed by atoms with Crippen LogP contribution < -0.4 is 5.32 Å². The van der Waals surface area contributed by atoms with E-state index in [2.05, 4.69) is 10.3 Å². The van der Waals surface area contributed by atoms with Gasteiger partial charge in [-0.05, 0) is 19.1 Å². The van der Waals surface area contributed by atoms with Crippen molar-refractivity contribution in [3.05, 3.63) is 59.7 Å². The molecule has 0 saturated heterocycles. The minimum absolute atomic E-state index is 0.0237. The highest BCUT2D eigenvalue weighted by molar-refractivity contribution is 7.22. The van der Waals surface area contributed by atoms with Crippen LogP contribution in [0.25, 0.3) is 10.2 Å². The van der Waals surface area contributed by atoms with E-state index in [0.717, 1.165) is 15.8 Å². The molecule has 0 atom stereocenters. The number of aryl methyl sites for hydroxylation is 1. The Morgan fingerprint density at radius 1 is 1.04 bits per heavy atom. The number of nitrogens with zero attached hydrogens (tertiary/aromatic N) is 1. The van der Waals surface area contributed by atoms with Gasteiger partial charge in [-0.1, -0.05) is 53.3 Å². The van der Waals surface area contributed by atoms with Crippen molar-refractivity contribution in [3.8, 4) is 0 Å². The van der Waals surface area contributed by atoms with Gasteiger partial charge in [0.25, 0.3) is 0 Å². The van der Waals surface area contributed by atoms with Gasteiger partial charge in [0.2, 0.25) is 5.91 Å². The normalized spacial score (nSPS) is 10.7. The number of rotatable bonds is 5. The van der Waals surface area contributed by atoms with E-state index in [0.29, 0.717) is 10.7 Å². The van der Waals surface area contributed by atoms with E-state index in [-0.39, 0.29) is 24.5 Å². The summed E-state index contributed by atoms with van der Waals surface area (Å²) >= 11 is 1.43. The molecule has 116 valence electrons. The first-order valence-electron chi connectivity index (χ1n) is 7.37. The Morgan fingerprint density at radius 3 is 2.52 bits per heavy atom. The molecule has 2 aromatic carbocycles. The number of anilines is 1. The molecule has 0 unspecified atom stereocenters. The van der Waals surface area contributed by atoms with Crippen molar-refractivity contribution in [3.63, 3.8) is 0 Å². The average molecular weight is 324 g/mol. The van der Waals surface area contributed by atoms with E-state index in [1.165, 1.54) is 11.3 Å². The van der Waals surface area contributed by atoms with Gasteiger partial charge >= 0.3 is 0 Å². The first kappa shape index (κ1) is 15.4. The molecule has 0 saturated carbocycles. The van der Waals surface area contributed by atoms with Gasteiger partial charge in [-0.25, -0.2) is 4.98 Å². The summed E-state index contributed by atoms with van der Waals surface area (Å²) in [6, 6.07) is 15.1. The number of thiazole rings is 1. The summed E-state index contributed by atoms with van der Waals surface area (Å²) in [5, 5.41) is 3.33. The lowest BCUT2D eigenvalue weighted by Gasteiger charge is -2.02. The van der Waals surface area contributed by atoms with Gasteiger partial charge in [0, 0.05) is 18.4 Å². The second kappa shape index (κ2) is 6.71. The highest BCUT2D eigenvalue weighted by atomic mass is 32.1. The number of hydrogen-bond acceptors (Lipinski definition) is 4. The van der Waals surface area contributed by atoms with Crippen LogP contribution in [0.2, 0.25) is 0 Å². The van der Waals surface area contributed by atoms with Crippen LogP contribution in [0.4, 0.5) is 5.13 Å². The quantitative estimate of drug-likeness (QED) is 0.715. The van der Waals surface area contributed by atoms with Crippen LogP contribution in [0.3, 0.4) is 0 Å². The summed E-state index contributed by atoms with van der Waals surface area (Å²) in [7, 11) is 0. The van der Waals surface area contributed by atoms with Crippen LogP contribution in [0.5, 0.6) is 0 Å². The number of Topliss-reactive ketones (excluding diaryl/α,β-unsaturated/α-hetero) is 1. The number of carbonyl (C=O) groups excluding carboxylic acids is 2. The molecule has 0 bridgehead atoms. The number of nitrogens with one attached hydrogen (secondary N) is 1. The molecule has 1 N–H and O–H groups in total. The molecule has 3 rings (SSSR count). The minimum atomic E-state index is -0.190. The van der Waals surface area contributed by atoms with E-state index >= 15 is 0 Å². The predicted octanol–water partition coefficient (Wildman–Crippen LogP) is 4.21. The van der Waals surface area contributed by atoms with Crippen LogP contribution in [0.1, 0.15) is 28.8 Å². The number of carbonyl (C=O) groups is 2. The molecular formula is C18H16N2O2S. The van der Waals surface area contributed by atoms with Crippen molar-refractivity contribution in [2.75, 3.05) is 5.32 Å². The van der Waals surface area contributed by atoms with E-state index in [1.807, 2.05) is 43.3 Å². The van der Waals surface area contributed by atoms with E-state index in [4.69, 9.17) is 0 Å². The third kappa shape index (κ3) is 3.81. The Morgan fingerprint density at radius 2 is 1.78 bits per heavy atom. The molecule has 0 spiro atoms. The molecule has 23 heavy (non-hydrogen) atoms. The fourth-order valence-corrected chi connectivity index (χ4v) is 3.10. The van der Waals surface area contributed by atoms with Gasteiger partial charge in [0.05, 0.1) is 10.2 Å². The highest BCUT2D eigenvalue weighted by Crippen LogP contribution is 2.25. The number of benzene rings is 2. The smallest absolute Gasteiger partial charge is 0.226 e. The summed E-state index contributed by atoms with van der Waals surface area (Å²) in [5.41, 5.74) is 2.61. The van der Waals surface area contributed by atoms with E-state index in [9.17, 15) is 9.59 Å². The van der Waals surface area contributed by atoms with Crippen molar-refractivity contribution < 1.29 is 9.59 Å². The molecule has 1 amide bonds. The Labute approximate surface area is 138 Å². The zero-order valence-corrected chi connectivity index (χ0v) is 13.5. The van der Waals surface area contributed by atoms with Gasteiger partial charge in [0.1, 0.15) is 0 Å². The lowest BCUT2D eigenvalue weighted by atomic mass is 10.1.